The molecule has 0 fully saturated rings. The summed E-state index contributed by atoms with van der Waals surface area (Å²) in [6.45, 7) is 2.08. The Kier molecular flexibility index (Phi) is 7.16. The first kappa shape index (κ1) is 20.8. The number of esters is 1. The Balaban J connectivity index is 1.82. The van der Waals surface area contributed by atoms with Crippen LogP contribution in [0.2, 0.25) is 0 Å². The van der Waals surface area contributed by atoms with Crippen LogP contribution in [-0.4, -0.2) is 16.8 Å². The van der Waals surface area contributed by atoms with Gasteiger partial charge in [-0.1, -0.05) is 54.6 Å². The van der Waals surface area contributed by atoms with Crippen LogP contribution in [-0.2, 0) is 20.5 Å². The summed E-state index contributed by atoms with van der Waals surface area (Å²) in [6, 6.07) is 24.1. The first-order chi connectivity index (χ1) is 14.1. The Morgan fingerprint density at radius 1 is 1.00 bits per heavy atom. The number of benzene rings is 3. The van der Waals surface area contributed by atoms with E-state index in [9.17, 15) is 9.00 Å². The summed E-state index contributed by atoms with van der Waals surface area (Å²) in [4.78, 5) is 12.7. The highest BCUT2D eigenvalue weighted by Crippen LogP contribution is 2.25. The molecule has 0 aliphatic rings. The van der Waals surface area contributed by atoms with Gasteiger partial charge in [0.05, 0.1) is 24.0 Å². The van der Waals surface area contributed by atoms with E-state index >= 15 is 0 Å². The van der Waals surface area contributed by atoms with E-state index in [1.165, 1.54) is 0 Å². The maximum Gasteiger partial charge on any atom is 0.307 e. The van der Waals surface area contributed by atoms with Gasteiger partial charge in [-0.3, -0.25) is 4.79 Å². The Morgan fingerprint density at radius 3 is 2.38 bits per heavy atom. The highest BCUT2D eigenvalue weighted by atomic mass is 32.2. The molecule has 0 amide bonds. The summed E-state index contributed by atoms with van der Waals surface area (Å²) in [6.07, 6.45) is 0.0957. The standard InChI is InChI=1S/C23H24N2O3S/c1-2-28-23(26)16-22(17-8-4-3-5-9-17)25-29(27)21-13-7-11-19(15-21)18-10-6-12-20(24)14-18/h3-15,22,25H,2,16,24H2,1H3. The van der Waals surface area contributed by atoms with Crippen molar-refractivity contribution in [1.29, 1.82) is 0 Å². The van der Waals surface area contributed by atoms with E-state index in [1.54, 1.807) is 13.0 Å². The number of rotatable bonds is 8. The smallest absolute Gasteiger partial charge is 0.307 e. The molecule has 150 valence electrons. The maximum absolute atomic E-state index is 13.0. The second kappa shape index (κ2) is 10.0. The van der Waals surface area contributed by atoms with Crippen LogP contribution in [0, 0.1) is 0 Å². The van der Waals surface area contributed by atoms with Crippen molar-refractivity contribution in [3.05, 3.63) is 84.4 Å². The quantitative estimate of drug-likeness (QED) is 0.431. The number of nitrogen functional groups attached to an aromatic ring is 1. The van der Waals surface area contributed by atoms with Gasteiger partial charge in [0.25, 0.3) is 0 Å². The summed E-state index contributed by atoms with van der Waals surface area (Å²) in [5.41, 5.74) is 9.30. The summed E-state index contributed by atoms with van der Waals surface area (Å²) >= 11 is 0. The van der Waals surface area contributed by atoms with Crippen molar-refractivity contribution >= 4 is 22.6 Å². The fourth-order valence-electron chi connectivity index (χ4n) is 3.01. The maximum atomic E-state index is 13.0. The third-order valence-electron chi connectivity index (χ3n) is 4.40. The Hall–Kier alpha value is -2.96. The first-order valence-electron chi connectivity index (χ1n) is 9.41. The number of hydrogen-bond acceptors (Lipinski definition) is 4. The number of ether oxygens (including phenoxy) is 1. The van der Waals surface area contributed by atoms with Crippen LogP contribution in [0.3, 0.4) is 0 Å². The molecule has 3 aromatic carbocycles. The van der Waals surface area contributed by atoms with E-state index in [0.717, 1.165) is 16.7 Å². The zero-order valence-corrected chi connectivity index (χ0v) is 17.0. The third-order valence-corrected chi connectivity index (χ3v) is 5.58. The van der Waals surface area contributed by atoms with Crippen LogP contribution < -0.4 is 10.5 Å². The molecule has 0 heterocycles. The number of carbonyl (C=O) groups excluding carboxylic acids is 1. The fourth-order valence-corrected chi connectivity index (χ4v) is 4.06. The van der Waals surface area contributed by atoms with Crippen molar-refractivity contribution in [3.63, 3.8) is 0 Å². The van der Waals surface area contributed by atoms with Crippen LogP contribution in [0.25, 0.3) is 11.1 Å². The lowest BCUT2D eigenvalue weighted by Crippen LogP contribution is -2.26. The largest absolute Gasteiger partial charge is 0.466 e. The van der Waals surface area contributed by atoms with Crippen molar-refractivity contribution in [2.75, 3.05) is 12.3 Å². The highest BCUT2D eigenvalue weighted by molar-refractivity contribution is 7.83. The van der Waals surface area contributed by atoms with Gasteiger partial charge in [0.15, 0.2) is 0 Å². The Labute approximate surface area is 173 Å². The van der Waals surface area contributed by atoms with Crippen LogP contribution >= 0.6 is 0 Å². The minimum Gasteiger partial charge on any atom is -0.466 e. The van der Waals surface area contributed by atoms with E-state index in [0.29, 0.717) is 17.2 Å². The zero-order valence-electron chi connectivity index (χ0n) is 16.2. The molecule has 3 N–H and O–H groups in total. The van der Waals surface area contributed by atoms with Gasteiger partial charge in [-0.05, 0) is 47.9 Å². The summed E-state index contributed by atoms with van der Waals surface area (Å²) in [5.74, 6) is -0.334. The third kappa shape index (κ3) is 5.76. The van der Waals surface area contributed by atoms with Gasteiger partial charge in [-0.15, -0.1) is 0 Å². The zero-order chi connectivity index (χ0) is 20.6. The molecule has 29 heavy (non-hydrogen) atoms. The monoisotopic (exact) mass is 408 g/mol. The average Bonchev–Trinajstić information content (AvgIpc) is 2.74. The minimum absolute atomic E-state index is 0.0957. The van der Waals surface area contributed by atoms with Crippen LogP contribution in [0.5, 0.6) is 0 Å². The molecular weight excluding hydrogens is 384 g/mol. The molecule has 0 aliphatic carbocycles. The van der Waals surface area contributed by atoms with Crippen molar-refractivity contribution in [3.8, 4) is 11.1 Å². The van der Waals surface area contributed by atoms with Crippen molar-refractivity contribution in [2.24, 2.45) is 0 Å². The molecule has 2 atom stereocenters. The molecule has 0 spiro atoms. The van der Waals surface area contributed by atoms with E-state index in [4.69, 9.17) is 10.5 Å². The van der Waals surface area contributed by atoms with Gasteiger partial charge >= 0.3 is 5.97 Å². The van der Waals surface area contributed by atoms with Gasteiger partial charge in [-0.25, -0.2) is 8.93 Å². The second-order valence-corrected chi connectivity index (χ2v) is 7.76. The van der Waals surface area contributed by atoms with Gasteiger partial charge in [0.1, 0.15) is 11.0 Å². The molecule has 0 aromatic heterocycles. The number of carbonyl (C=O) groups is 1. The predicted molar refractivity (Wildman–Crippen MR) is 116 cm³/mol. The SMILES string of the molecule is CCOC(=O)CC(NS(=O)c1cccc(-c2cccc(N)c2)c1)c1ccccc1. The molecule has 3 rings (SSSR count). The van der Waals surface area contributed by atoms with Gasteiger partial charge in [-0.2, -0.15) is 0 Å². The molecule has 5 nitrogen and oxygen atoms in total. The molecule has 0 saturated heterocycles. The topological polar surface area (TPSA) is 81.4 Å². The lowest BCUT2D eigenvalue weighted by Gasteiger charge is -2.18. The normalized spacial score (nSPS) is 12.9. The lowest BCUT2D eigenvalue weighted by molar-refractivity contribution is -0.143. The average molecular weight is 409 g/mol. The van der Waals surface area contributed by atoms with E-state index in [1.807, 2.05) is 72.8 Å². The highest BCUT2D eigenvalue weighted by Gasteiger charge is 2.20. The number of nitrogens with one attached hydrogen (secondary N) is 1. The van der Waals surface area contributed by atoms with Crippen LogP contribution in [0.1, 0.15) is 24.9 Å². The summed E-state index contributed by atoms with van der Waals surface area (Å²) < 4.78 is 21.2. The number of nitrogens with two attached hydrogens (primary N) is 1. The predicted octanol–water partition coefficient (Wildman–Crippen LogP) is 4.24. The molecule has 0 bridgehead atoms. The molecule has 6 heteroatoms. The van der Waals surface area contributed by atoms with Gasteiger partial charge in [0, 0.05) is 5.69 Å². The van der Waals surface area contributed by atoms with Crippen LogP contribution in [0.15, 0.2) is 83.8 Å². The summed E-state index contributed by atoms with van der Waals surface area (Å²) in [5, 5.41) is 0. The lowest BCUT2D eigenvalue weighted by atomic mass is 10.1. The van der Waals surface area contributed by atoms with E-state index < -0.39 is 17.0 Å². The second-order valence-electron chi connectivity index (χ2n) is 6.51. The molecule has 0 aliphatic heterocycles. The number of anilines is 1. The van der Waals surface area contributed by atoms with Crippen LogP contribution in [0.4, 0.5) is 5.69 Å². The Morgan fingerprint density at radius 2 is 1.69 bits per heavy atom. The number of hydrogen-bond donors (Lipinski definition) is 2. The molecule has 3 aromatic rings. The fraction of sp³-hybridized carbons (Fsp3) is 0.174. The van der Waals surface area contributed by atoms with Gasteiger partial charge < -0.3 is 10.5 Å². The molecular formula is C23H24N2O3S. The molecule has 0 saturated carbocycles. The van der Waals surface area contributed by atoms with Gasteiger partial charge in [0.2, 0.25) is 0 Å². The summed E-state index contributed by atoms with van der Waals surface area (Å²) in [7, 11) is -1.51. The Bertz CT molecular complexity index is 992. The van der Waals surface area contributed by atoms with Crippen molar-refractivity contribution in [2.45, 2.75) is 24.3 Å². The minimum atomic E-state index is -1.51. The van der Waals surface area contributed by atoms with E-state index in [2.05, 4.69) is 4.72 Å². The van der Waals surface area contributed by atoms with Crippen molar-refractivity contribution in [1.82, 2.24) is 4.72 Å². The van der Waals surface area contributed by atoms with Crippen molar-refractivity contribution < 1.29 is 13.7 Å². The molecule has 0 radical (unpaired) electrons. The first-order valence-corrected chi connectivity index (χ1v) is 10.6. The van der Waals surface area contributed by atoms with E-state index in [-0.39, 0.29) is 12.4 Å². The molecule has 2 unspecified atom stereocenters.